The Morgan fingerprint density at radius 3 is 2.24 bits per heavy atom. The molecule has 3 rings (SSSR count). The fourth-order valence-corrected chi connectivity index (χ4v) is 3.84. The third-order valence-corrected chi connectivity index (χ3v) is 5.66. The van der Waals surface area contributed by atoms with Gasteiger partial charge in [-0.3, -0.25) is 0 Å². The van der Waals surface area contributed by atoms with E-state index in [-0.39, 0.29) is 11.5 Å². The standard InChI is InChI=1S/C23H28O2/c1-17-5-7-18(8-6-17)23(2,19-9-13-21(24-3)14-10-19)20-11-15-22(25-4)16-12-20/h5-11,13,15-16,20-21H,12,14H2,1-4H3/t20?,21?,23-/m1/s1. The molecule has 0 saturated heterocycles. The molecular formula is C23H28O2. The molecule has 132 valence electrons. The van der Waals surface area contributed by atoms with Crippen LogP contribution in [0.15, 0.2) is 72.1 Å². The molecule has 25 heavy (non-hydrogen) atoms. The van der Waals surface area contributed by atoms with Crippen LogP contribution in [0.2, 0.25) is 0 Å². The average Bonchev–Trinajstić information content (AvgIpc) is 2.68. The number of methoxy groups -OCH3 is 2. The second kappa shape index (κ2) is 7.45. The molecule has 0 saturated carbocycles. The van der Waals surface area contributed by atoms with Crippen molar-refractivity contribution in [2.45, 2.75) is 38.2 Å². The minimum Gasteiger partial charge on any atom is -0.497 e. The Morgan fingerprint density at radius 1 is 0.960 bits per heavy atom. The summed E-state index contributed by atoms with van der Waals surface area (Å²) in [6, 6.07) is 8.97. The van der Waals surface area contributed by atoms with Crippen molar-refractivity contribution in [3.05, 3.63) is 83.2 Å². The molecule has 2 nitrogen and oxygen atoms in total. The quantitative estimate of drug-likeness (QED) is 0.730. The van der Waals surface area contributed by atoms with E-state index in [0.29, 0.717) is 5.92 Å². The van der Waals surface area contributed by atoms with Gasteiger partial charge in [-0.2, -0.15) is 0 Å². The number of ether oxygens (including phenoxy) is 2. The zero-order chi connectivity index (χ0) is 17.9. The van der Waals surface area contributed by atoms with E-state index in [1.165, 1.54) is 16.7 Å². The fraction of sp³-hybridized carbons (Fsp3) is 0.391. The number of aryl methyl sites for hydroxylation is 1. The van der Waals surface area contributed by atoms with Gasteiger partial charge in [0, 0.05) is 12.5 Å². The normalized spacial score (nSPS) is 25.1. The Balaban J connectivity index is 1.99. The molecule has 0 aromatic heterocycles. The highest BCUT2D eigenvalue weighted by Crippen LogP contribution is 2.45. The first kappa shape index (κ1) is 17.8. The fourth-order valence-electron chi connectivity index (χ4n) is 3.84. The van der Waals surface area contributed by atoms with Crippen LogP contribution in [0.5, 0.6) is 0 Å². The first-order chi connectivity index (χ1) is 12.1. The smallest absolute Gasteiger partial charge is 0.114 e. The molecule has 0 bridgehead atoms. The largest absolute Gasteiger partial charge is 0.497 e. The maximum Gasteiger partial charge on any atom is 0.114 e. The average molecular weight is 336 g/mol. The van der Waals surface area contributed by atoms with Crippen LogP contribution in [-0.4, -0.2) is 20.3 Å². The molecule has 2 aliphatic rings. The highest BCUT2D eigenvalue weighted by molar-refractivity contribution is 5.46. The van der Waals surface area contributed by atoms with E-state index < -0.39 is 0 Å². The van der Waals surface area contributed by atoms with E-state index in [4.69, 9.17) is 9.47 Å². The molecule has 0 heterocycles. The summed E-state index contributed by atoms with van der Waals surface area (Å²) in [5.41, 5.74) is 3.94. The van der Waals surface area contributed by atoms with Crippen molar-refractivity contribution in [2.24, 2.45) is 5.92 Å². The van der Waals surface area contributed by atoms with Crippen molar-refractivity contribution in [1.82, 2.24) is 0 Å². The summed E-state index contributed by atoms with van der Waals surface area (Å²) in [5, 5.41) is 0. The van der Waals surface area contributed by atoms with Gasteiger partial charge in [-0.1, -0.05) is 61.1 Å². The second-order valence-electron chi connectivity index (χ2n) is 7.11. The third-order valence-electron chi connectivity index (χ3n) is 5.66. The molecule has 1 aromatic rings. The summed E-state index contributed by atoms with van der Waals surface area (Å²) in [4.78, 5) is 0. The van der Waals surface area contributed by atoms with Crippen LogP contribution in [-0.2, 0) is 14.9 Å². The van der Waals surface area contributed by atoms with E-state index in [1.54, 1.807) is 14.2 Å². The summed E-state index contributed by atoms with van der Waals surface area (Å²) in [6.45, 7) is 4.50. The van der Waals surface area contributed by atoms with Crippen LogP contribution in [0.3, 0.4) is 0 Å². The summed E-state index contributed by atoms with van der Waals surface area (Å²) in [6.07, 6.45) is 15.5. The molecule has 2 heteroatoms. The topological polar surface area (TPSA) is 18.5 Å². The summed E-state index contributed by atoms with van der Waals surface area (Å²) in [5.74, 6) is 1.35. The van der Waals surface area contributed by atoms with Crippen LogP contribution in [0.1, 0.15) is 30.9 Å². The van der Waals surface area contributed by atoms with Gasteiger partial charge in [-0.05, 0) is 49.0 Å². The van der Waals surface area contributed by atoms with Gasteiger partial charge in [0.2, 0.25) is 0 Å². The van der Waals surface area contributed by atoms with Crippen molar-refractivity contribution in [1.29, 1.82) is 0 Å². The number of allylic oxidation sites excluding steroid dienone is 5. The van der Waals surface area contributed by atoms with E-state index >= 15 is 0 Å². The van der Waals surface area contributed by atoms with Gasteiger partial charge >= 0.3 is 0 Å². The molecule has 0 spiro atoms. The molecule has 2 unspecified atom stereocenters. The molecule has 0 radical (unpaired) electrons. The monoisotopic (exact) mass is 336 g/mol. The lowest BCUT2D eigenvalue weighted by Crippen LogP contribution is -2.34. The number of hydrogen-bond donors (Lipinski definition) is 0. The Hall–Kier alpha value is -2.06. The van der Waals surface area contributed by atoms with E-state index in [9.17, 15) is 0 Å². The molecule has 1 aromatic carbocycles. The van der Waals surface area contributed by atoms with Crippen LogP contribution >= 0.6 is 0 Å². The van der Waals surface area contributed by atoms with E-state index in [2.05, 4.69) is 74.6 Å². The highest BCUT2D eigenvalue weighted by Gasteiger charge is 2.38. The van der Waals surface area contributed by atoms with Crippen molar-refractivity contribution >= 4 is 0 Å². The van der Waals surface area contributed by atoms with Crippen molar-refractivity contribution in [2.75, 3.05) is 14.2 Å². The van der Waals surface area contributed by atoms with Gasteiger partial charge in [0.1, 0.15) is 5.76 Å². The maximum atomic E-state index is 5.48. The lowest BCUT2D eigenvalue weighted by Gasteiger charge is -2.40. The number of hydrogen-bond acceptors (Lipinski definition) is 2. The van der Waals surface area contributed by atoms with Crippen molar-refractivity contribution in [3.8, 4) is 0 Å². The molecule has 2 aliphatic carbocycles. The predicted molar refractivity (Wildman–Crippen MR) is 104 cm³/mol. The molecule has 3 atom stereocenters. The SMILES string of the molecule is COC1=CCC([C@@](C)(C2=CCC(OC)C=C2)c2ccc(C)cc2)C=C1. The molecule has 0 aliphatic heterocycles. The Morgan fingerprint density at radius 2 is 1.72 bits per heavy atom. The van der Waals surface area contributed by atoms with E-state index in [1.807, 2.05) is 0 Å². The maximum absolute atomic E-state index is 5.48. The predicted octanol–water partition coefficient (Wildman–Crippen LogP) is 5.26. The van der Waals surface area contributed by atoms with Gasteiger partial charge in [0.05, 0.1) is 13.2 Å². The van der Waals surface area contributed by atoms with Crippen LogP contribution in [0.4, 0.5) is 0 Å². The van der Waals surface area contributed by atoms with Gasteiger partial charge in [0.25, 0.3) is 0 Å². The summed E-state index contributed by atoms with van der Waals surface area (Å²) >= 11 is 0. The lowest BCUT2D eigenvalue weighted by atomic mass is 9.64. The minimum absolute atomic E-state index is 0.0742. The van der Waals surface area contributed by atoms with Gasteiger partial charge < -0.3 is 9.47 Å². The van der Waals surface area contributed by atoms with Crippen molar-refractivity contribution in [3.63, 3.8) is 0 Å². The zero-order valence-electron chi connectivity index (χ0n) is 15.7. The highest BCUT2D eigenvalue weighted by atomic mass is 16.5. The first-order valence-corrected chi connectivity index (χ1v) is 8.99. The number of rotatable bonds is 5. The summed E-state index contributed by atoms with van der Waals surface area (Å²) < 4.78 is 10.9. The van der Waals surface area contributed by atoms with Crippen molar-refractivity contribution < 1.29 is 9.47 Å². The number of benzene rings is 1. The van der Waals surface area contributed by atoms with Gasteiger partial charge in [0.15, 0.2) is 0 Å². The zero-order valence-corrected chi connectivity index (χ0v) is 15.7. The third kappa shape index (κ3) is 3.50. The minimum atomic E-state index is -0.0742. The van der Waals surface area contributed by atoms with Crippen LogP contribution in [0.25, 0.3) is 0 Å². The van der Waals surface area contributed by atoms with E-state index in [0.717, 1.165) is 18.6 Å². The second-order valence-corrected chi connectivity index (χ2v) is 7.11. The first-order valence-electron chi connectivity index (χ1n) is 8.99. The van der Waals surface area contributed by atoms with Gasteiger partial charge in [-0.15, -0.1) is 0 Å². The lowest BCUT2D eigenvalue weighted by molar-refractivity contribution is 0.141. The summed E-state index contributed by atoms with van der Waals surface area (Å²) in [7, 11) is 3.50. The molecular weight excluding hydrogens is 308 g/mol. The molecule has 0 fully saturated rings. The van der Waals surface area contributed by atoms with Crippen LogP contribution < -0.4 is 0 Å². The Kier molecular flexibility index (Phi) is 5.29. The molecule has 0 N–H and O–H groups in total. The Labute approximate surface area is 151 Å². The van der Waals surface area contributed by atoms with Crippen LogP contribution in [0, 0.1) is 12.8 Å². The molecule has 0 amide bonds. The van der Waals surface area contributed by atoms with Gasteiger partial charge in [-0.25, -0.2) is 0 Å². The Bertz CT molecular complexity index is 721.